The largest absolute Gasteiger partial charge is 0.360 e. The number of nitrogens with one attached hydrogen (secondary N) is 1. The van der Waals surface area contributed by atoms with Crippen molar-refractivity contribution in [1.82, 2.24) is 4.98 Å². The summed E-state index contributed by atoms with van der Waals surface area (Å²) >= 11 is 1.48. The molecule has 0 fully saturated rings. The summed E-state index contributed by atoms with van der Waals surface area (Å²) in [5, 5.41) is 15.4. The molecule has 0 aliphatic heterocycles. The Morgan fingerprint density at radius 3 is 2.36 bits per heavy atom. The van der Waals surface area contributed by atoms with Crippen LogP contribution in [0.5, 0.6) is 0 Å². The normalized spacial score (nSPS) is 11.2. The van der Waals surface area contributed by atoms with Gasteiger partial charge in [0.25, 0.3) is 0 Å². The molecule has 0 atom stereocenters. The molecule has 25 heavy (non-hydrogen) atoms. The Kier molecular flexibility index (Phi) is 4.97. The van der Waals surface area contributed by atoms with Gasteiger partial charge in [-0.25, -0.2) is 4.98 Å². The molecule has 3 nitrogen and oxygen atoms in total. The van der Waals surface area contributed by atoms with E-state index < -0.39 is 0 Å². The molecule has 1 heterocycles. The van der Waals surface area contributed by atoms with Crippen LogP contribution >= 0.6 is 11.3 Å². The Labute approximate surface area is 152 Å². The first-order valence-corrected chi connectivity index (χ1v) is 8.91. The molecule has 124 valence electrons. The van der Waals surface area contributed by atoms with Gasteiger partial charge in [-0.15, -0.1) is 11.3 Å². The van der Waals surface area contributed by atoms with Crippen molar-refractivity contribution >= 4 is 22.6 Å². The lowest BCUT2D eigenvalue weighted by Gasteiger charge is -2.05. The van der Waals surface area contributed by atoms with Crippen LogP contribution in [0.4, 0.5) is 5.69 Å². The molecular weight excluding hydrogens is 326 g/mol. The molecule has 0 saturated heterocycles. The van der Waals surface area contributed by atoms with Crippen molar-refractivity contribution in [2.75, 3.05) is 5.32 Å². The number of benzene rings is 2. The molecule has 0 spiro atoms. The summed E-state index contributed by atoms with van der Waals surface area (Å²) in [4.78, 5) is 4.62. The van der Waals surface area contributed by atoms with Crippen molar-refractivity contribution in [3.63, 3.8) is 0 Å². The van der Waals surface area contributed by atoms with Gasteiger partial charge in [-0.05, 0) is 44.0 Å². The number of nitriles is 1. The van der Waals surface area contributed by atoms with E-state index in [-0.39, 0.29) is 0 Å². The Balaban J connectivity index is 1.84. The molecule has 0 aliphatic rings. The highest BCUT2D eigenvalue weighted by atomic mass is 32.1. The maximum Gasteiger partial charge on any atom is 0.136 e. The number of aryl methyl sites for hydroxylation is 3. The van der Waals surface area contributed by atoms with Gasteiger partial charge in [0.2, 0.25) is 0 Å². The van der Waals surface area contributed by atoms with Crippen molar-refractivity contribution in [1.29, 1.82) is 5.26 Å². The summed E-state index contributed by atoms with van der Waals surface area (Å²) in [6.07, 6.45) is 1.73. The van der Waals surface area contributed by atoms with E-state index in [0.29, 0.717) is 5.57 Å². The van der Waals surface area contributed by atoms with E-state index in [1.165, 1.54) is 28.0 Å². The summed E-state index contributed by atoms with van der Waals surface area (Å²) in [5.74, 6) is 0. The Morgan fingerprint density at radius 1 is 1.04 bits per heavy atom. The van der Waals surface area contributed by atoms with Crippen LogP contribution in [0.2, 0.25) is 0 Å². The van der Waals surface area contributed by atoms with Crippen LogP contribution in [0.15, 0.2) is 54.0 Å². The van der Waals surface area contributed by atoms with Crippen LogP contribution in [0.3, 0.4) is 0 Å². The van der Waals surface area contributed by atoms with Gasteiger partial charge in [0.1, 0.15) is 16.6 Å². The van der Waals surface area contributed by atoms with Gasteiger partial charge in [0, 0.05) is 22.8 Å². The molecule has 0 unspecified atom stereocenters. The lowest BCUT2D eigenvalue weighted by atomic mass is 10.1. The first kappa shape index (κ1) is 16.9. The average molecular weight is 345 g/mol. The van der Waals surface area contributed by atoms with Gasteiger partial charge in [-0.3, -0.25) is 0 Å². The van der Waals surface area contributed by atoms with Gasteiger partial charge in [-0.2, -0.15) is 5.26 Å². The topological polar surface area (TPSA) is 48.7 Å². The van der Waals surface area contributed by atoms with Crippen molar-refractivity contribution in [2.24, 2.45) is 0 Å². The number of hydrogen-bond acceptors (Lipinski definition) is 4. The summed E-state index contributed by atoms with van der Waals surface area (Å²) in [6, 6.07) is 16.7. The number of thiazole rings is 1. The minimum atomic E-state index is 0.530. The monoisotopic (exact) mass is 345 g/mol. The molecule has 0 saturated carbocycles. The lowest BCUT2D eigenvalue weighted by Crippen LogP contribution is -1.92. The maximum atomic E-state index is 9.49. The lowest BCUT2D eigenvalue weighted by molar-refractivity contribution is 1.35. The van der Waals surface area contributed by atoms with Crippen LogP contribution in [0, 0.1) is 32.1 Å². The van der Waals surface area contributed by atoms with Gasteiger partial charge in [0.05, 0.1) is 5.69 Å². The highest BCUT2D eigenvalue weighted by Gasteiger charge is 2.09. The Morgan fingerprint density at radius 2 is 1.72 bits per heavy atom. The number of anilines is 1. The third-order valence-corrected chi connectivity index (χ3v) is 4.68. The van der Waals surface area contributed by atoms with Crippen molar-refractivity contribution < 1.29 is 0 Å². The zero-order valence-electron chi connectivity index (χ0n) is 14.5. The molecule has 1 aromatic heterocycles. The molecule has 3 aromatic rings. The summed E-state index contributed by atoms with van der Waals surface area (Å²) in [7, 11) is 0. The zero-order chi connectivity index (χ0) is 17.8. The van der Waals surface area contributed by atoms with Crippen LogP contribution < -0.4 is 5.32 Å². The summed E-state index contributed by atoms with van der Waals surface area (Å²) < 4.78 is 0. The van der Waals surface area contributed by atoms with E-state index in [2.05, 4.69) is 79.6 Å². The second-order valence-electron chi connectivity index (χ2n) is 6.09. The van der Waals surface area contributed by atoms with Crippen LogP contribution in [-0.4, -0.2) is 4.98 Å². The van der Waals surface area contributed by atoms with E-state index in [0.717, 1.165) is 22.0 Å². The van der Waals surface area contributed by atoms with Crippen molar-refractivity contribution in [2.45, 2.75) is 20.8 Å². The van der Waals surface area contributed by atoms with E-state index >= 15 is 0 Å². The quantitative estimate of drug-likeness (QED) is 0.616. The fraction of sp³-hybridized carbons (Fsp3) is 0.143. The predicted molar refractivity (Wildman–Crippen MR) is 105 cm³/mol. The molecule has 0 amide bonds. The van der Waals surface area contributed by atoms with Crippen LogP contribution in [-0.2, 0) is 0 Å². The molecule has 1 N–H and O–H groups in total. The molecule has 2 aromatic carbocycles. The number of rotatable bonds is 4. The van der Waals surface area contributed by atoms with E-state index in [4.69, 9.17) is 0 Å². The predicted octanol–water partition coefficient (Wildman–Crippen LogP) is 5.71. The number of allylic oxidation sites excluding steroid dienone is 1. The van der Waals surface area contributed by atoms with Gasteiger partial charge >= 0.3 is 0 Å². The first-order valence-electron chi connectivity index (χ1n) is 8.03. The fourth-order valence-corrected chi connectivity index (χ4v) is 3.40. The Hall–Kier alpha value is -2.90. The SMILES string of the molecule is Cc1ccc(-c2csc(C(C#N)=CNc3cc(C)cc(C)c3)n2)cc1. The van der Waals surface area contributed by atoms with Crippen LogP contribution in [0.1, 0.15) is 21.7 Å². The molecular formula is C21H19N3S. The number of nitrogens with zero attached hydrogens (tertiary/aromatic N) is 2. The molecule has 0 aliphatic carbocycles. The van der Waals surface area contributed by atoms with Crippen LogP contribution in [0.25, 0.3) is 16.8 Å². The van der Waals surface area contributed by atoms with E-state index in [9.17, 15) is 5.26 Å². The minimum Gasteiger partial charge on any atom is -0.360 e. The van der Waals surface area contributed by atoms with Gasteiger partial charge < -0.3 is 5.32 Å². The molecule has 4 heteroatoms. The van der Waals surface area contributed by atoms with Gasteiger partial charge in [0.15, 0.2) is 0 Å². The molecule has 0 bridgehead atoms. The summed E-state index contributed by atoms with van der Waals surface area (Å²) in [5.41, 5.74) is 7.05. The number of hydrogen-bond donors (Lipinski definition) is 1. The minimum absolute atomic E-state index is 0.530. The first-order chi connectivity index (χ1) is 12.0. The fourth-order valence-electron chi connectivity index (χ4n) is 2.61. The third kappa shape index (κ3) is 4.14. The number of aromatic nitrogens is 1. The second kappa shape index (κ2) is 7.33. The Bertz CT molecular complexity index is 939. The maximum absolute atomic E-state index is 9.49. The average Bonchev–Trinajstić information content (AvgIpc) is 3.05. The smallest absolute Gasteiger partial charge is 0.136 e. The standard InChI is InChI=1S/C21H19N3S/c1-14-4-6-17(7-5-14)20-13-25-21(24-20)18(11-22)12-23-19-9-15(2)8-16(3)10-19/h4-10,12-13,23H,1-3H3. The highest BCUT2D eigenvalue weighted by molar-refractivity contribution is 7.11. The molecule has 0 radical (unpaired) electrons. The zero-order valence-corrected chi connectivity index (χ0v) is 15.3. The van der Waals surface area contributed by atoms with E-state index in [1.54, 1.807) is 6.20 Å². The summed E-state index contributed by atoms with van der Waals surface area (Å²) in [6.45, 7) is 6.18. The van der Waals surface area contributed by atoms with Gasteiger partial charge in [-0.1, -0.05) is 35.9 Å². The van der Waals surface area contributed by atoms with E-state index in [1.807, 2.05) is 5.38 Å². The molecule has 3 rings (SSSR count). The highest BCUT2D eigenvalue weighted by Crippen LogP contribution is 2.26. The third-order valence-electron chi connectivity index (χ3n) is 3.81. The van der Waals surface area contributed by atoms with Crippen molar-refractivity contribution in [3.8, 4) is 17.3 Å². The second-order valence-corrected chi connectivity index (χ2v) is 6.95. The van der Waals surface area contributed by atoms with Crippen molar-refractivity contribution in [3.05, 3.63) is 75.7 Å².